The van der Waals surface area contributed by atoms with Crippen molar-refractivity contribution in [2.75, 3.05) is 19.8 Å². The van der Waals surface area contributed by atoms with Crippen LogP contribution in [0.3, 0.4) is 0 Å². The van der Waals surface area contributed by atoms with E-state index in [0.29, 0.717) is 12.1 Å². The summed E-state index contributed by atoms with van der Waals surface area (Å²) in [6, 6.07) is 1.32. The number of ether oxygens (including phenoxy) is 1. The maximum Gasteiger partial charge on any atom is 0.0621 e. The van der Waals surface area contributed by atoms with Crippen molar-refractivity contribution in [3.8, 4) is 0 Å². The van der Waals surface area contributed by atoms with Crippen LogP contribution in [0.4, 0.5) is 0 Å². The zero-order chi connectivity index (χ0) is 9.84. The van der Waals surface area contributed by atoms with Crippen LogP contribution in [0.25, 0.3) is 0 Å². The molecule has 1 heterocycles. The summed E-state index contributed by atoms with van der Waals surface area (Å²) in [5.74, 6) is 0.841. The number of nitrogens with zero attached hydrogens (tertiary/aromatic N) is 1. The summed E-state index contributed by atoms with van der Waals surface area (Å²) in [7, 11) is 0. The standard InChI is InChI=1S/C11H23NO/c1-5-13-8-11-6-10(4)7-12(11)9(2)3/h9-11H,5-8H2,1-4H3. The van der Waals surface area contributed by atoms with Gasteiger partial charge >= 0.3 is 0 Å². The molecule has 13 heavy (non-hydrogen) atoms. The number of hydrogen-bond donors (Lipinski definition) is 0. The van der Waals surface area contributed by atoms with Crippen molar-refractivity contribution >= 4 is 0 Å². The van der Waals surface area contributed by atoms with E-state index in [2.05, 4.69) is 32.6 Å². The fourth-order valence-electron chi connectivity index (χ4n) is 2.23. The quantitative estimate of drug-likeness (QED) is 0.665. The molecule has 1 aliphatic rings. The average molecular weight is 185 g/mol. The third kappa shape index (κ3) is 2.96. The lowest BCUT2D eigenvalue weighted by atomic mass is 10.1. The van der Waals surface area contributed by atoms with Crippen LogP contribution >= 0.6 is 0 Å². The normalized spacial score (nSPS) is 30.2. The third-order valence-electron chi connectivity index (χ3n) is 2.84. The molecule has 2 nitrogen and oxygen atoms in total. The van der Waals surface area contributed by atoms with Crippen molar-refractivity contribution < 1.29 is 4.74 Å². The smallest absolute Gasteiger partial charge is 0.0621 e. The Labute approximate surface area is 82.3 Å². The molecule has 0 aliphatic carbocycles. The molecule has 1 fully saturated rings. The molecule has 78 valence electrons. The third-order valence-corrected chi connectivity index (χ3v) is 2.84. The van der Waals surface area contributed by atoms with Gasteiger partial charge in [0, 0.05) is 25.2 Å². The van der Waals surface area contributed by atoms with Gasteiger partial charge in [0.05, 0.1) is 6.61 Å². The second-order valence-corrected chi connectivity index (χ2v) is 4.44. The second-order valence-electron chi connectivity index (χ2n) is 4.44. The van der Waals surface area contributed by atoms with Crippen LogP contribution in [0, 0.1) is 5.92 Å². The second kappa shape index (κ2) is 4.97. The van der Waals surface area contributed by atoms with Gasteiger partial charge in [0.15, 0.2) is 0 Å². The van der Waals surface area contributed by atoms with Crippen LogP contribution in [0.5, 0.6) is 0 Å². The van der Waals surface area contributed by atoms with E-state index in [1.54, 1.807) is 0 Å². The maximum atomic E-state index is 5.50. The SMILES string of the molecule is CCOCC1CC(C)CN1C(C)C. The summed E-state index contributed by atoms with van der Waals surface area (Å²) in [6.45, 7) is 12.0. The minimum atomic E-state index is 0.662. The zero-order valence-corrected chi connectivity index (χ0v) is 9.42. The Hall–Kier alpha value is -0.0800. The van der Waals surface area contributed by atoms with E-state index >= 15 is 0 Å². The molecule has 0 spiro atoms. The summed E-state index contributed by atoms with van der Waals surface area (Å²) in [6.07, 6.45) is 1.30. The molecule has 1 aliphatic heterocycles. The Balaban J connectivity index is 2.41. The van der Waals surface area contributed by atoms with Gasteiger partial charge in [-0.15, -0.1) is 0 Å². The molecule has 0 amide bonds. The first kappa shape index (κ1) is 11.0. The van der Waals surface area contributed by atoms with Crippen LogP contribution < -0.4 is 0 Å². The Kier molecular flexibility index (Phi) is 4.20. The molecular weight excluding hydrogens is 162 g/mol. The van der Waals surface area contributed by atoms with Crippen LogP contribution in [0.2, 0.25) is 0 Å². The molecule has 2 atom stereocenters. The Morgan fingerprint density at radius 1 is 1.46 bits per heavy atom. The minimum Gasteiger partial charge on any atom is -0.380 e. The topological polar surface area (TPSA) is 12.5 Å². The minimum absolute atomic E-state index is 0.662. The highest BCUT2D eigenvalue weighted by Gasteiger charge is 2.30. The summed E-state index contributed by atoms with van der Waals surface area (Å²) in [5.41, 5.74) is 0. The molecule has 0 radical (unpaired) electrons. The number of likely N-dealkylation sites (tertiary alicyclic amines) is 1. The first-order chi connectivity index (χ1) is 6.15. The van der Waals surface area contributed by atoms with Crippen LogP contribution in [-0.4, -0.2) is 36.7 Å². The summed E-state index contributed by atoms with van der Waals surface area (Å²) in [5, 5.41) is 0. The van der Waals surface area contributed by atoms with Gasteiger partial charge in [-0.2, -0.15) is 0 Å². The van der Waals surface area contributed by atoms with E-state index in [9.17, 15) is 0 Å². The molecule has 1 saturated heterocycles. The Bertz CT molecular complexity index is 147. The summed E-state index contributed by atoms with van der Waals surface area (Å²) in [4.78, 5) is 2.57. The fourth-order valence-corrected chi connectivity index (χ4v) is 2.23. The maximum absolute atomic E-state index is 5.50. The molecule has 1 rings (SSSR count). The van der Waals surface area contributed by atoms with Crippen molar-refractivity contribution in [1.29, 1.82) is 0 Å². The van der Waals surface area contributed by atoms with Crippen molar-refractivity contribution in [3.05, 3.63) is 0 Å². The van der Waals surface area contributed by atoms with E-state index in [1.807, 2.05) is 0 Å². The largest absolute Gasteiger partial charge is 0.380 e. The molecule has 0 bridgehead atoms. The fraction of sp³-hybridized carbons (Fsp3) is 1.00. The van der Waals surface area contributed by atoms with Gasteiger partial charge in [-0.25, -0.2) is 0 Å². The lowest BCUT2D eigenvalue weighted by molar-refractivity contribution is 0.0727. The van der Waals surface area contributed by atoms with E-state index in [4.69, 9.17) is 4.74 Å². The van der Waals surface area contributed by atoms with Crippen molar-refractivity contribution in [2.24, 2.45) is 5.92 Å². The van der Waals surface area contributed by atoms with E-state index < -0.39 is 0 Å². The molecule has 0 aromatic carbocycles. The van der Waals surface area contributed by atoms with Gasteiger partial charge in [0.2, 0.25) is 0 Å². The highest BCUT2D eigenvalue weighted by molar-refractivity contribution is 4.85. The van der Waals surface area contributed by atoms with Gasteiger partial charge in [-0.3, -0.25) is 4.90 Å². The monoisotopic (exact) mass is 185 g/mol. The van der Waals surface area contributed by atoms with Crippen LogP contribution in [0.1, 0.15) is 34.1 Å². The van der Waals surface area contributed by atoms with Crippen LogP contribution in [-0.2, 0) is 4.74 Å². The number of rotatable bonds is 4. The Morgan fingerprint density at radius 3 is 2.69 bits per heavy atom. The molecule has 2 heteroatoms. The van der Waals surface area contributed by atoms with E-state index in [-0.39, 0.29) is 0 Å². The van der Waals surface area contributed by atoms with Crippen LogP contribution in [0.15, 0.2) is 0 Å². The van der Waals surface area contributed by atoms with Crippen molar-refractivity contribution in [3.63, 3.8) is 0 Å². The van der Waals surface area contributed by atoms with Gasteiger partial charge < -0.3 is 4.74 Å². The van der Waals surface area contributed by atoms with E-state index in [1.165, 1.54) is 13.0 Å². The molecule has 2 unspecified atom stereocenters. The molecule has 0 aromatic rings. The zero-order valence-electron chi connectivity index (χ0n) is 9.42. The molecule has 0 saturated carbocycles. The Morgan fingerprint density at radius 2 is 2.15 bits per heavy atom. The van der Waals surface area contributed by atoms with Gasteiger partial charge in [-0.05, 0) is 33.1 Å². The van der Waals surface area contributed by atoms with Gasteiger partial charge in [0.25, 0.3) is 0 Å². The first-order valence-electron chi connectivity index (χ1n) is 5.48. The first-order valence-corrected chi connectivity index (χ1v) is 5.48. The molecule has 0 aromatic heterocycles. The lowest BCUT2D eigenvalue weighted by Crippen LogP contribution is -2.38. The number of hydrogen-bond acceptors (Lipinski definition) is 2. The average Bonchev–Trinajstić information content (AvgIpc) is 2.43. The highest BCUT2D eigenvalue weighted by Crippen LogP contribution is 2.24. The summed E-state index contributed by atoms with van der Waals surface area (Å²) >= 11 is 0. The predicted octanol–water partition coefficient (Wildman–Crippen LogP) is 2.14. The van der Waals surface area contributed by atoms with Crippen molar-refractivity contribution in [2.45, 2.75) is 46.2 Å². The highest BCUT2D eigenvalue weighted by atomic mass is 16.5. The van der Waals surface area contributed by atoms with Crippen molar-refractivity contribution in [1.82, 2.24) is 4.90 Å². The van der Waals surface area contributed by atoms with Gasteiger partial charge in [0.1, 0.15) is 0 Å². The molecular formula is C11H23NO. The van der Waals surface area contributed by atoms with Gasteiger partial charge in [-0.1, -0.05) is 6.92 Å². The van der Waals surface area contributed by atoms with E-state index in [0.717, 1.165) is 19.1 Å². The molecule has 0 N–H and O–H groups in total. The lowest BCUT2D eigenvalue weighted by Gasteiger charge is -2.27. The predicted molar refractivity (Wildman–Crippen MR) is 55.9 cm³/mol. The summed E-state index contributed by atoms with van der Waals surface area (Å²) < 4.78 is 5.50.